The molecule has 2 amide bonds. The molecule has 2 bridgehead atoms. The molecule has 55 heavy (non-hydrogen) atoms. The lowest BCUT2D eigenvalue weighted by molar-refractivity contribution is -0.574. The van der Waals surface area contributed by atoms with Crippen LogP contribution >= 0.6 is 45.7 Å². The number of halogens is 1. The normalized spacial score (nSPS) is 23.2. The number of anilines is 1. The Hall–Kier alpha value is -4.61. The Balaban J connectivity index is 1.22. The number of nitrogens with one attached hydrogen (secondary N) is 1. The highest BCUT2D eigenvalue weighted by Gasteiger charge is 2.66. The molecule has 3 aliphatic heterocycles. The molecular formula is C40H38IN5O7S2. The number of hydrogen-bond acceptors (Lipinski definition) is 12. The Labute approximate surface area is 340 Å². The van der Waals surface area contributed by atoms with Gasteiger partial charge in [0.25, 0.3) is 6.04 Å². The summed E-state index contributed by atoms with van der Waals surface area (Å²) in [6.45, 7) is 6.48. The van der Waals surface area contributed by atoms with E-state index in [0.717, 1.165) is 26.3 Å². The number of carbonyl (C=O) groups is 4. The summed E-state index contributed by atoms with van der Waals surface area (Å²) in [4.78, 5) is 66.1. The van der Waals surface area contributed by atoms with E-state index in [-0.39, 0.29) is 23.2 Å². The summed E-state index contributed by atoms with van der Waals surface area (Å²) in [6, 6.07) is 29.0. The van der Waals surface area contributed by atoms with Gasteiger partial charge in [0.2, 0.25) is 0 Å². The molecule has 1 aromatic heterocycles. The van der Waals surface area contributed by atoms with Crippen molar-refractivity contribution in [2.24, 2.45) is 10.7 Å². The molecule has 0 spiro atoms. The molecular weight excluding hydrogens is 854 g/mol. The first-order valence-electron chi connectivity index (χ1n) is 17.5. The van der Waals surface area contributed by atoms with Gasteiger partial charge in [-0.3, -0.25) is 14.5 Å². The second-order valence-electron chi connectivity index (χ2n) is 14.7. The van der Waals surface area contributed by atoms with Crippen LogP contribution in [0.2, 0.25) is 0 Å². The van der Waals surface area contributed by atoms with Crippen molar-refractivity contribution in [1.82, 2.24) is 9.88 Å². The van der Waals surface area contributed by atoms with Crippen molar-refractivity contribution in [1.29, 1.82) is 0 Å². The molecule has 15 heteroatoms. The molecule has 12 nitrogen and oxygen atoms in total. The van der Waals surface area contributed by atoms with Crippen LogP contribution in [-0.2, 0) is 40.7 Å². The maximum absolute atomic E-state index is 14.1. The number of aromatic nitrogens is 1. The lowest BCUT2D eigenvalue weighted by Gasteiger charge is -2.51. The molecule has 3 aliphatic rings. The monoisotopic (exact) mass is 891 g/mol. The summed E-state index contributed by atoms with van der Waals surface area (Å²) < 4.78 is 6.95. The number of alkyl halides is 1. The molecule has 1 fully saturated rings. The van der Waals surface area contributed by atoms with E-state index in [0.29, 0.717) is 16.4 Å². The Morgan fingerprint density at radius 2 is 1.56 bits per heavy atom. The lowest BCUT2D eigenvalue weighted by Crippen LogP contribution is -2.71. The fraction of sp³-hybridized carbons (Fsp3) is 0.325. The van der Waals surface area contributed by atoms with Gasteiger partial charge in [0.15, 0.2) is 15.8 Å². The smallest absolute Gasteiger partial charge is 0.421 e. The van der Waals surface area contributed by atoms with Crippen molar-refractivity contribution >= 4 is 74.6 Å². The van der Waals surface area contributed by atoms with Gasteiger partial charge in [-0.1, -0.05) is 114 Å². The molecule has 7 rings (SSSR count). The third-order valence-corrected chi connectivity index (χ3v) is 13.2. The number of aliphatic carboxylic acids is 1. The second kappa shape index (κ2) is 15.1. The van der Waals surface area contributed by atoms with Crippen LogP contribution < -0.4 is 10.4 Å². The maximum atomic E-state index is 14.1. The number of ether oxygens (including phenoxy) is 1. The van der Waals surface area contributed by atoms with Crippen LogP contribution in [0.4, 0.5) is 5.13 Å². The fourth-order valence-electron chi connectivity index (χ4n) is 7.18. The predicted molar refractivity (Wildman–Crippen MR) is 213 cm³/mol. The van der Waals surface area contributed by atoms with Crippen LogP contribution in [0.1, 0.15) is 50.1 Å². The largest absolute Gasteiger partial charge is 0.543 e. The van der Waals surface area contributed by atoms with E-state index in [2.05, 4.69) is 47.0 Å². The fourth-order valence-corrected chi connectivity index (χ4v) is 10.9. The standard InChI is InChI=1S/C40H38IN5O7S2/c1-38(2,3)53-36(51)39(4)23-52-44-46(31-33(48)45-30(35(49)50)28(21-41)32(39)55-34(31)45)29(47)20-27-22-54-37(42-27)43-40(24-14-8-5-9-15-24,25-16-10-6-11-17-25)26-18-12-7-13-19-26/h5-19,22,31-32,34H,20-21,23H2,1-4H3,(H-,42,43,49,50)/b46-44+/t31-,32?,34-,39?/m1/s1. The zero-order chi connectivity index (χ0) is 39.1. The maximum Gasteiger partial charge on any atom is 0.421 e. The molecule has 1 N–H and O–H groups in total. The first kappa shape index (κ1) is 38.7. The minimum absolute atomic E-state index is 0.193. The third kappa shape index (κ3) is 7.05. The van der Waals surface area contributed by atoms with Gasteiger partial charge in [0.1, 0.15) is 29.6 Å². The van der Waals surface area contributed by atoms with Crippen LogP contribution in [0, 0.1) is 5.41 Å². The summed E-state index contributed by atoms with van der Waals surface area (Å²) in [5.74, 6) is -3.40. The Bertz CT molecular complexity index is 2100. The summed E-state index contributed by atoms with van der Waals surface area (Å²) in [7, 11) is 0. The number of benzene rings is 3. The van der Waals surface area contributed by atoms with E-state index in [1.54, 1.807) is 33.1 Å². The molecule has 1 saturated heterocycles. The highest BCUT2D eigenvalue weighted by molar-refractivity contribution is 14.1. The van der Waals surface area contributed by atoms with Crippen LogP contribution in [0.5, 0.6) is 0 Å². The Kier molecular flexibility index (Phi) is 10.6. The summed E-state index contributed by atoms with van der Waals surface area (Å²) in [6.07, 6.45) is -0.240. The van der Waals surface area contributed by atoms with Gasteiger partial charge < -0.3 is 24.8 Å². The minimum atomic E-state index is -1.55. The number of nitrogens with zero attached hydrogens (tertiary/aromatic N) is 4. The van der Waals surface area contributed by atoms with E-state index in [4.69, 9.17) is 14.6 Å². The van der Waals surface area contributed by atoms with E-state index < -0.39 is 57.0 Å². The topological polar surface area (TPSA) is 153 Å². The van der Waals surface area contributed by atoms with Gasteiger partial charge in [-0.25, -0.2) is 9.78 Å². The van der Waals surface area contributed by atoms with Crippen LogP contribution in [0.3, 0.4) is 0 Å². The van der Waals surface area contributed by atoms with Gasteiger partial charge in [0.05, 0.1) is 22.6 Å². The zero-order valence-corrected chi connectivity index (χ0v) is 34.2. The molecule has 4 aromatic rings. The number of rotatable bonds is 10. The number of thiazole rings is 1. The Morgan fingerprint density at radius 3 is 2.07 bits per heavy atom. The molecule has 3 aromatic carbocycles. The summed E-state index contributed by atoms with van der Waals surface area (Å²) in [5, 5.41) is 21.1. The first-order valence-corrected chi connectivity index (χ1v) is 20.9. The number of carboxylic acid groups (broad SMARTS) is 1. The van der Waals surface area contributed by atoms with Crippen molar-refractivity contribution in [3.63, 3.8) is 0 Å². The first-order chi connectivity index (χ1) is 26.3. The SMILES string of the molecule is CC(C)(C)OC(=O)C1(C)CO/N=[N+](\C(=O)Cc2csc(NC(c3ccccc3)(c3ccccc3)c3ccccc3)n2)[C@@H]2C(=O)N3C(C(=O)[O-])=C(CI)C1S[C@H]23. The number of hydrogen-bond donors (Lipinski definition) is 1. The zero-order valence-electron chi connectivity index (χ0n) is 30.4. The highest BCUT2D eigenvalue weighted by atomic mass is 127. The number of carboxylic acids is 1. The average Bonchev–Trinajstić information content (AvgIpc) is 3.62. The van der Waals surface area contributed by atoms with Crippen molar-refractivity contribution < 1.29 is 38.6 Å². The van der Waals surface area contributed by atoms with Gasteiger partial charge in [-0.15, -0.1) is 23.1 Å². The lowest BCUT2D eigenvalue weighted by atomic mass is 9.77. The molecule has 2 unspecified atom stereocenters. The third-order valence-electron chi connectivity index (χ3n) is 9.76. The number of carbonyl (C=O) groups excluding carboxylic acids is 4. The number of thioether (sulfide) groups is 1. The van der Waals surface area contributed by atoms with Crippen LogP contribution in [-0.4, -0.2) is 71.6 Å². The number of β-lactam (4-membered cyclic amide) rings is 1. The molecule has 0 saturated carbocycles. The second-order valence-corrected chi connectivity index (χ2v) is 17.5. The van der Waals surface area contributed by atoms with Crippen molar-refractivity contribution in [3.05, 3.63) is 130 Å². The average molecular weight is 892 g/mol. The van der Waals surface area contributed by atoms with Crippen molar-refractivity contribution in [2.45, 2.75) is 61.9 Å². The number of amides is 2. The van der Waals surface area contributed by atoms with Crippen LogP contribution in [0.25, 0.3) is 0 Å². The molecule has 0 aliphatic carbocycles. The van der Waals surface area contributed by atoms with Gasteiger partial charge in [0, 0.05) is 9.81 Å². The van der Waals surface area contributed by atoms with E-state index in [1.165, 1.54) is 23.1 Å². The summed E-state index contributed by atoms with van der Waals surface area (Å²) in [5.41, 5.74) is 0.284. The van der Waals surface area contributed by atoms with Gasteiger partial charge in [-0.2, -0.15) is 0 Å². The van der Waals surface area contributed by atoms with E-state index in [1.807, 2.05) is 77.2 Å². The number of fused-ring (bicyclic) bond motifs is 1. The predicted octanol–water partition coefficient (Wildman–Crippen LogP) is 5.47. The minimum Gasteiger partial charge on any atom is -0.543 e. The quantitative estimate of drug-likeness (QED) is 0.0543. The van der Waals surface area contributed by atoms with Crippen LogP contribution in [0.15, 0.2) is 113 Å². The van der Waals surface area contributed by atoms with E-state index in [9.17, 15) is 24.3 Å². The molecule has 0 radical (unpaired) electrons. The van der Waals surface area contributed by atoms with Gasteiger partial charge >= 0.3 is 17.8 Å². The highest BCUT2D eigenvalue weighted by Crippen LogP contribution is 2.52. The van der Waals surface area contributed by atoms with Crippen molar-refractivity contribution in [2.75, 3.05) is 16.4 Å². The van der Waals surface area contributed by atoms with E-state index >= 15 is 0 Å². The molecule has 4 heterocycles. The Morgan fingerprint density at radius 1 is 1.00 bits per heavy atom. The molecule has 284 valence electrons. The number of esters is 1. The summed E-state index contributed by atoms with van der Waals surface area (Å²) >= 11 is 4.57. The van der Waals surface area contributed by atoms with Gasteiger partial charge in [-0.05, 0) is 54.7 Å². The molecule has 4 atom stereocenters. The van der Waals surface area contributed by atoms with Crippen molar-refractivity contribution in [3.8, 4) is 0 Å².